The quantitative estimate of drug-likeness (QED) is 0.576. The molecule has 1 rings (SSSR count). The monoisotopic (exact) mass is 304 g/mol. The molecule has 0 bridgehead atoms. The van der Waals surface area contributed by atoms with Crippen LogP contribution in [0.4, 0.5) is 0 Å². The Bertz CT molecular complexity index is 511. The van der Waals surface area contributed by atoms with Crippen LogP contribution >= 0.6 is 0 Å². The summed E-state index contributed by atoms with van der Waals surface area (Å²) in [5.74, 6) is 0.576. The van der Waals surface area contributed by atoms with Crippen LogP contribution in [-0.2, 0) is 21.3 Å². The molecule has 0 aliphatic heterocycles. The fraction of sp³-hybridized carbons (Fsp3) is 0.750. The second-order valence-electron chi connectivity index (χ2n) is 5.02. The Morgan fingerprint density at radius 2 is 2.10 bits per heavy atom. The van der Waals surface area contributed by atoms with Gasteiger partial charge in [-0.15, -0.1) is 0 Å². The zero-order valence-corrected chi connectivity index (χ0v) is 13.1. The molecule has 1 heterocycles. The van der Waals surface area contributed by atoms with Crippen LogP contribution in [0.25, 0.3) is 0 Å². The van der Waals surface area contributed by atoms with Crippen LogP contribution in [-0.4, -0.2) is 38.4 Å². The standard InChI is InChI=1S/C12H24N4O3S/c1-9(2)4-6-19-7-5-14-20(17,18)12-10(3)15-16-11(12)8-13/h9,14H,4-8,13H2,1-3H3,(H,15,16). The van der Waals surface area contributed by atoms with Gasteiger partial charge in [-0.1, -0.05) is 13.8 Å². The van der Waals surface area contributed by atoms with Crippen molar-refractivity contribution in [1.29, 1.82) is 0 Å². The number of aromatic nitrogens is 2. The summed E-state index contributed by atoms with van der Waals surface area (Å²) in [5.41, 5.74) is 6.31. The summed E-state index contributed by atoms with van der Waals surface area (Å²) in [7, 11) is -3.60. The smallest absolute Gasteiger partial charge is 0.244 e. The minimum absolute atomic E-state index is 0.0749. The fourth-order valence-corrected chi connectivity index (χ4v) is 3.09. The van der Waals surface area contributed by atoms with E-state index >= 15 is 0 Å². The molecule has 0 aliphatic rings. The normalized spacial score (nSPS) is 12.2. The highest BCUT2D eigenvalue weighted by Gasteiger charge is 2.22. The Hall–Kier alpha value is -0.960. The summed E-state index contributed by atoms with van der Waals surface area (Å²) in [6, 6.07) is 0. The van der Waals surface area contributed by atoms with E-state index in [1.54, 1.807) is 6.92 Å². The third-order valence-corrected chi connectivity index (χ3v) is 4.46. The number of rotatable bonds is 9. The fourth-order valence-electron chi connectivity index (χ4n) is 1.71. The molecule has 1 aromatic rings. The lowest BCUT2D eigenvalue weighted by Crippen LogP contribution is -2.29. The van der Waals surface area contributed by atoms with Gasteiger partial charge in [-0.2, -0.15) is 5.10 Å². The molecular weight excluding hydrogens is 280 g/mol. The summed E-state index contributed by atoms with van der Waals surface area (Å²) in [6.45, 7) is 7.17. The molecule has 0 radical (unpaired) electrons. The first-order valence-electron chi connectivity index (χ1n) is 6.69. The van der Waals surface area contributed by atoms with Gasteiger partial charge in [0.2, 0.25) is 10.0 Å². The maximum atomic E-state index is 12.2. The van der Waals surface area contributed by atoms with E-state index in [1.165, 1.54) is 0 Å². The van der Waals surface area contributed by atoms with Crippen LogP contribution < -0.4 is 10.5 Å². The number of aromatic amines is 1. The second kappa shape index (κ2) is 7.72. The summed E-state index contributed by atoms with van der Waals surface area (Å²) in [4.78, 5) is 0.141. The topological polar surface area (TPSA) is 110 Å². The molecule has 20 heavy (non-hydrogen) atoms. The van der Waals surface area contributed by atoms with Crippen molar-refractivity contribution in [1.82, 2.24) is 14.9 Å². The molecule has 116 valence electrons. The maximum Gasteiger partial charge on any atom is 0.244 e. The first-order chi connectivity index (χ1) is 9.38. The van der Waals surface area contributed by atoms with E-state index in [-0.39, 0.29) is 18.0 Å². The highest BCUT2D eigenvalue weighted by molar-refractivity contribution is 7.89. The van der Waals surface area contributed by atoms with Gasteiger partial charge < -0.3 is 10.5 Å². The van der Waals surface area contributed by atoms with Crippen molar-refractivity contribution in [3.05, 3.63) is 11.4 Å². The number of hydrogen-bond acceptors (Lipinski definition) is 5. The number of H-pyrrole nitrogens is 1. The number of aryl methyl sites for hydroxylation is 1. The van der Waals surface area contributed by atoms with Crippen LogP contribution in [0.2, 0.25) is 0 Å². The molecule has 0 aromatic carbocycles. The number of ether oxygens (including phenoxy) is 1. The van der Waals surface area contributed by atoms with E-state index in [4.69, 9.17) is 10.5 Å². The largest absolute Gasteiger partial charge is 0.380 e. The predicted octanol–water partition coefficient (Wildman–Crippen LogP) is 0.518. The molecule has 0 spiro atoms. The van der Waals surface area contributed by atoms with Gasteiger partial charge in [0.15, 0.2) is 0 Å². The molecule has 4 N–H and O–H groups in total. The van der Waals surface area contributed by atoms with Crippen LogP contribution in [0.15, 0.2) is 4.90 Å². The van der Waals surface area contributed by atoms with Crippen LogP contribution in [0.1, 0.15) is 31.7 Å². The molecule has 8 heteroatoms. The zero-order valence-electron chi connectivity index (χ0n) is 12.3. The molecule has 1 aromatic heterocycles. The lowest BCUT2D eigenvalue weighted by Gasteiger charge is -2.09. The Morgan fingerprint density at radius 3 is 2.70 bits per heavy atom. The van der Waals surface area contributed by atoms with Crippen LogP contribution in [0.5, 0.6) is 0 Å². The third-order valence-electron chi connectivity index (χ3n) is 2.80. The Kier molecular flexibility index (Phi) is 6.60. The van der Waals surface area contributed by atoms with E-state index in [0.29, 0.717) is 30.5 Å². The van der Waals surface area contributed by atoms with Crippen molar-refractivity contribution in [2.24, 2.45) is 11.7 Å². The van der Waals surface area contributed by atoms with Gasteiger partial charge in [0.1, 0.15) is 4.90 Å². The van der Waals surface area contributed by atoms with Gasteiger partial charge in [0.25, 0.3) is 0 Å². The van der Waals surface area contributed by atoms with Crippen molar-refractivity contribution < 1.29 is 13.2 Å². The van der Waals surface area contributed by atoms with Gasteiger partial charge in [0.05, 0.1) is 18.0 Å². The van der Waals surface area contributed by atoms with E-state index in [9.17, 15) is 8.42 Å². The highest BCUT2D eigenvalue weighted by Crippen LogP contribution is 2.16. The van der Waals surface area contributed by atoms with Crippen LogP contribution in [0, 0.1) is 12.8 Å². The first-order valence-corrected chi connectivity index (χ1v) is 8.18. The lowest BCUT2D eigenvalue weighted by atomic mass is 10.1. The van der Waals surface area contributed by atoms with E-state index in [1.807, 2.05) is 0 Å². The molecule has 0 fully saturated rings. The molecule has 7 nitrogen and oxygen atoms in total. The Morgan fingerprint density at radius 1 is 1.40 bits per heavy atom. The molecule has 0 saturated carbocycles. The van der Waals surface area contributed by atoms with Gasteiger partial charge >= 0.3 is 0 Å². The molecule has 0 amide bonds. The average molecular weight is 304 g/mol. The summed E-state index contributed by atoms with van der Waals surface area (Å²) >= 11 is 0. The third kappa shape index (κ3) is 4.86. The van der Waals surface area contributed by atoms with E-state index in [0.717, 1.165) is 6.42 Å². The summed E-state index contributed by atoms with van der Waals surface area (Å²) in [6.07, 6.45) is 0.963. The highest BCUT2D eigenvalue weighted by atomic mass is 32.2. The molecule has 0 atom stereocenters. The molecular formula is C12H24N4O3S. The number of nitrogens with zero attached hydrogens (tertiary/aromatic N) is 1. The Labute approximate surface area is 120 Å². The Balaban J connectivity index is 2.48. The number of nitrogens with one attached hydrogen (secondary N) is 2. The van der Waals surface area contributed by atoms with Crippen molar-refractivity contribution in [2.75, 3.05) is 19.8 Å². The van der Waals surface area contributed by atoms with Gasteiger partial charge in [-0.3, -0.25) is 5.10 Å². The molecule has 0 saturated heterocycles. The summed E-state index contributed by atoms with van der Waals surface area (Å²) < 4.78 is 32.2. The number of hydrogen-bond donors (Lipinski definition) is 3. The van der Waals surface area contributed by atoms with Gasteiger partial charge in [0, 0.05) is 19.7 Å². The SMILES string of the molecule is Cc1[nH]nc(CN)c1S(=O)(=O)NCCOCCC(C)C. The van der Waals surface area contributed by atoms with E-state index < -0.39 is 10.0 Å². The van der Waals surface area contributed by atoms with Crippen molar-refractivity contribution in [3.8, 4) is 0 Å². The minimum atomic E-state index is -3.60. The molecule has 0 aliphatic carbocycles. The zero-order chi connectivity index (χ0) is 15.2. The predicted molar refractivity (Wildman–Crippen MR) is 76.7 cm³/mol. The first kappa shape index (κ1) is 17.1. The van der Waals surface area contributed by atoms with Gasteiger partial charge in [-0.25, -0.2) is 13.1 Å². The lowest BCUT2D eigenvalue weighted by molar-refractivity contribution is 0.128. The van der Waals surface area contributed by atoms with Crippen molar-refractivity contribution in [3.63, 3.8) is 0 Å². The number of nitrogens with two attached hydrogens (primary N) is 1. The second-order valence-corrected chi connectivity index (χ2v) is 6.73. The maximum absolute atomic E-state index is 12.2. The average Bonchev–Trinajstić information content (AvgIpc) is 2.75. The molecule has 0 unspecified atom stereocenters. The minimum Gasteiger partial charge on any atom is -0.380 e. The van der Waals surface area contributed by atoms with E-state index in [2.05, 4.69) is 28.8 Å². The van der Waals surface area contributed by atoms with Crippen molar-refractivity contribution in [2.45, 2.75) is 38.6 Å². The number of sulfonamides is 1. The van der Waals surface area contributed by atoms with Crippen LogP contribution in [0.3, 0.4) is 0 Å². The van der Waals surface area contributed by atoms with Gasteiger partial charge in [-0.05, 0) is 19.3 Å². The van der Waals surface area contributed by atoms with Crippen molar-refractivity contribution >= 4 is 10.0 Å². The summed E-state index contributed by atoms with van der Waals surface area (Å²) in [5, 5.41) is 6.51.